The number of piperidine rings is 1. The van der Waals surface area contributed by atoms with Crippen molar-refractivity contribution in [1.82, 2.24) is 25.5 Å². The quantitative estimate of drug-likeness (QED) is 0.744. The van der Waals surface area contributed by atoms with E-state index < -0.39 is 30.5 Å². The normalized spacial score (nSPS) is 28.7. The lowest BCUT2D eigenvalue weighted by atomic mass is 9.68. The zero-order chi connectivity index (χ0) is 22.7. The van der Waals surface area contributed by atoms with Crippen LogP contribution >= 0.6 is 0 Å². The van der Waals surface area contributed by atoms with Gasteiger partial charge in [0, 0.05) is 15.7 Å². The highest BCUT2D eigenvalue weighted by molar-refractivity contribution is 5.80. The number of nitrogens with one attached hydrogen (secondary N) is 1. The lowest BCUT2D eigenvalue weighted by Gasteiger charge is -2.45. The molecule has 30 heavy (non-hydrogen) atoms. The number of tetrazole rings is 1. The first-order chi connectivity index (χ1) is 15.4. The van der Waals surface area contributed by atoms with E-state index in [0.717, 1.165) is 29.7 Å². The Morgan fingerprint density at radius 1 is 1.23 bits per heavy atom. The van der Waals surface area contributed by atoms with Gasteiger partial charge >= 0.3 is 12.1 Å². The maximum Gasteiger partial charge on any atom is 0.410 e. The number of ether oxygens (including phenoxy) is 1. The minimum atomic E-state index is -2.10. The molecule has 1 amide bonds. The molecule has 2 heterocycles. The summed E-state index contributed by atoms with van der Waals surface area (Å²) >= 11 is 0. The summed E-state index contributed by atoms with van der Waals surface area (Å²) in [5.41, 5.74) is 0.755. The van der Waals surface area contributed by atoms with Crippen molar-refractivity contribution >= 4 is 12.1 Å². The van der Waals surface area contributed by atoms with Crippen LogP contribution in [-0.4, -0.2) is 55.2 Å². The Morgan fingerprint density at radius 2 is 2.07 bits per heavy atom. The molecule has 160 valence electrons. The maximum absolute atomic E-state index is 12.9. The third kappa shape index (κ3) is 4.77. The molecule has 1 saturated carbocycles. The molecule has 1 aromatic carbocycles. The zero-order valence-electron chi connectivity index (χ0n) is 18.6. The Labute approximate surface area is 177 Å². The number of aromatic nitrogens is 4. The summed E-state index contributed by atoms with van der Waals surface area (Å²) in [4.78, 5) is 25.7. The Kier molecular flexibility index (Phi) is 5.49. The molecule has 0 spiro atoms. The van der Waals surface area contributed by atoms with Crippen LogP contribution < -0.4 is 0 Å². The Bertz CT molecular complexity index is 928. The summed E-state index contributed by atoms with van der Waals surface area (Å²) in [7, 11) is 0. The van der Waals surface area contributed by atoms with Gasteiger partial charge < -0.3 is 9.84 Å². The number of nitrogens with zero attached hydrogens (tertiary/aromatic N) is 4. The van der Waals surface area contributed by atoms with Crippen LogP contribution in [0.3, 0.4) is 0 Å². The highest BCUT2D eigenvalue weighted by Crippen LogP contribution is 2.42. The first kappa shape index (κ1) is 17.9. The van der Waals surface area contributed by atoms with Crippen molar-refractivity contribution in [3.05, 3.63) is 41.7 Å². The first-order valence-electron chi connectivity index (χ1n) is 11.3. The van der Waals surface area contributed by atoms with Gasteiger partial charge in [0.25, 0.3) is 0 Å². The van der Waals surface area contributed by atoms with Crippen molar-refractivity contribution in [2.24, 2.45) is 17.8 Å². The summed E-state index contributed by atoms with van der Waals surface area (Å²) in [6.45, 7) is -2.14. The molecule has 0 radical (unpaired) electrons. The molecule has 2 fully saturated rings. The Morgan fingerprint density at radius 3 is 2.80 bits per heavy atom. The number of fused-ring (bicyclic) bond motifs is 1. The number of hydrogen-bond acceptors (Lipinski definition) is 6. The summed E-state index contributed by atoms with van der Waals surface area (Å²) in [6, 6.07) is 7.78. The fourth-order valence-corrected chi connectivity index (χ4v) is 4.52. The molecular weight excluding hydrogens is 386 g/mol. The number of benzene rings is 1. The number of rotatable bonds is 6. The monoisotopic (exact) mass is 415 g/mol. The van der Waals surface area contributed by atoms with Gasteiger partial charge in [-0.2, -0.15) is 5.21 Å². The zero-order valence-corrected chi connectivity index (χ0v) is 16.6. The van der Waals surface area contributed by atoms with Gasteiger partial charge in [-0.25, -0.2) is 9.59 Å². The van der Waals surface area contributed by atoms with Gasteiger partial charge in [-0.15, -0.1) is 10.2 Å². The number of carbonyl (C=O) groups is 2. The van der Waals surface area contributed by atoms with Crippen molar-refractivity contribution in [2.45, 2.75) is 51.2 Å². The average molecular weight is 415 g/mol. The predicted octanol–water partition coefficient (Wildman–Crippen LogP) is 2.66. The van der Waals surface area contributed by atoms with E-state index in [0.29, 0.717) is 24.6 Å². The minimum Gasteiger partial charge on any atom is -0.480 e. The van der Waals surface area contributed by atoms with Gasteiger partial charge in [-0.1, -0.05) is 42.0 Å². The number of hydrogen-bond donors (Lipinski definition) is 2. The van der Waals surface area contributed by atoms with Gasteiger partial charge in [0.2, 0.25) is 0 Å². The molecule has 1 aliphatic heterocycles. The third-order valence-corrected chi connectivity index (χ3v) is 6.09. The molecule has 2 aromatic rings. The fraction of sp³-hybridized carbons (Fsp3) is 0.571. The molecule has 4 atom stereocenters. The number of carboxylic acid groups (broad SMARTS) is 1. The lowest BCUT2D eigenvalue weighted by molar-refractivity contribution is -0.146. The smallest absolute Gasteiger partial charge is 0.410 e. The van der Waals surface area contributed by atoms with E-state index in [9.17, 15) is 14.7 Å². The van der Waals surface area contributed by atoms with Gasteiger partial charge in [0.05, 0.1) is 0 Å². The van der Waals surface area contributed by atoms with E-state index >= 15 is 0 Å². The fourth-order valence-electron chi connectivity index (χ4n) is 4.52. The largest absolute Gasteiger partial charge is 0.480 e. The number of aromatic amines is 1. The Hall–Kier alpha value is -2.97. The second-order valence-corrected chi connectivity index (χ2v) is 8.04. The molecule has 2 N–H and O–H groups in total. The second-order valence-electron chi connectivity index (χ2n) is 8.04. The molecule has 1 aliphatic carbocycles. The highest BCUT2D eigenvalue weighted by Gasteiger charge is 2.44. The van der Waals surface area contributed by atoms with Crippen molar-refractivity contribution in [2.75, 3.05) is 6.50 Å². The standard InChI is InChI=1S/C21H27N5O4/c27-20(28)18-11-17-10-14(7-9-19-22-24-25-23-19)6-8-16(17)12-26(18)21(29)30-13-15-4-2-1-3-5-15/h1-5,14,16-18H,6-13H2,(H,27,28)(H,22,23,24,25)/t14-,16+,17-,18+/m1/s1/i12D2. The number of H-pyrrole nitrogens is 1. The van der Waals surface area contributed by atoms with Crippen molar-refractivity contribution in [3.63, 3.8) is 0 Å². The summed E-state index contributed by atoms with van der Waals surface area (Å²) in [5, 5.41) is 23.7. The van der Waals surface area contributed by atoms with Crippen LogP contribution in [0, 0.1) is 17.8 Å². The average Bonchev–Trinajstić information content (AvgIpc) is 3.30. The predicted molar refractivity (Wildman–Crippen MR) is 106 cm³/mol. The van der Waals surface area contributed by atoms with Crippen LogP contribution in [-0.2, 0) is 22.6 Å². The lowest BCUT2D eigenvalue weighted by Crippen LogP contribution is -2.54. The molecule has 9 heteroatoms. The number of aliphatic carboxylic acids is 1. The maximum atomic E-state index is 12.9. The van der Waals surface area contributed by atoms with Crippen LogP contribution in [0.15, 0.2) is 30.3 Å². The van der Waals surface area contributed by atoms with Crippen LogP contribution in [0.5, 0.6) is 0 Å². The first-order valence-corrected chi connectivity index (χ1v) is 10.3. The minimum absolute atomic E-state index is 0.0369. The second kappa shape index (κ2) is 9.23. The van der Waals surface area contributed by atoms with Crippen molar-refractivity contribution in [3.8, 4) is 0 Å². The number of carboxylic acids is 1. The molecule has 0 unspecified atom stereocenters. The van der Waals surface area contributed by atoms with E-state index in [-0.39, 0.29) is 18.9 Å². The van der Waals surface area contributed by atoms with E-state index in [1.54, 1.807) is 12.1 Å². The number of likely N-dealkylation sites (tertiary alicyclic amines) is 1. The highest BCUT2D eigenvalue weighted by atomic mass is 16.6. The Balaban J connectivity index is 1.44. The van der Waals surface area contributed by atoms with Crippen molar-refractivity contribution in [1.29, 1.82) is 0 Å². The van der Waals surface area contributed by atoms with Crippen molar-refractivity contribution < 1.29 is 22.2 Å². The topological polar surface area (TPSA) is 121 Å². The molecule has 1 aromatic heterocycles. The van der Waals surface area contributed by atoms with E-state index in [4.69, 9.17) is 7.48 Å². The number of amides is 1. The molecule has 1 saturated heterocycles. The summed E-state index contributed by atoms with van der Waals surface area (Å²) < 4.78 is 22.8. The molecule has 0 bridgehead atoms. The van der Waals surface area contributed by atoms with E-state index in [1.165, 1.54) is 0 Å². The molecule has 4 rings (SSSR count). The summed E-state index contributed by atoms with van der Waals surface area (Å²) in [6.07, 6.45) is 2.92. The van der Waals surface area contributed by atoms with Crippen LogP contribution in [0.2, 0.25) is 0 Å². The summed E-state index contributed by atoms with van der Waals surface area (Å²) in [5.74, 6) is -0.784. The van der Waals surface area contributed by atoms with Gasteiger partial charge in [-0.05, 0) is 49.0 Å². The van der Waals surface area contributed by atoms with E-state index in [1.807, 2.05) is 18.2 Å². The van der Waals surface area contributed by atoms with Crippen LogP contribution in [0.4, 0.5) is 4.79 Å². The SMILES string of the molecule is [2H]C1([2H])[C@@H]2CC[C@H](CCc3nn[nH]n3)C[C@@H]2C[C@@H](C(=O)O)N1C(=O)OCc1ccccc1. The third-order valence-electron chi connectivity index (χ3n) is 6.09. The molecule has 9 nitrogen and oxygen atoms in total. The number of aryl methyl sites for hydroxylation is 1. The van der Waals surface area contributed by atoms with Gasteiger partial charge in [-0.3, -0.25) is 4.90 Å². The number of carbonyl (C=O) groups excluding carboxylic acids is 1. The van der Waals surface area contributed by atoms with Crippen LogP contribution in [0.25, 0.3) is 0 Å². The van der Waals surface area contributed by atoms with Gasteiger partial charge in [0.1, 0.15) is 12.6 Å². The van der Waals surface area contributed by atoms with Crippen LogP contribution in [0.1, 0.15) is 46.2 Å². The molecule has 2 aliphatic rings. The van der Waals surface area contributed by atoms with Gasteiger partial charge in [0.15, 0.2) is 5.82 Å². The molecular formula is C21H27N5O4. The van der Waals surface area contributed by atoms with E-state index in [2.05, 4.69) is 20.6 Å².